The average molecular weight is 272 g/mol. The van der Waals surface area contributed by atoms with Gasteiger partial charge in [0.15, 0.2) is 5.69 Å². The third kappa shape index (κ3) is 2.45. The van der Waals surface area contributed by atoms with E-state index in [1.54, 1.807) is 11.4 Å². The fourth-order valence-electron chi connectivity index (χ4n) is 1.23. The number of hydrogen-bond donors (Lipinski definition) is 0. The van der Waals surface area contributed by atoms with Gasteiger partial charge < -0.3 is 4.74 Å². The van der Waals surface area contributed by atoms with Gasteiger partial charge in [0.05, 0.1) is 12.1 Å². The minimum atomic E-state index is -0.499. The smallest absolute Gasteiger partial charge is 0.357 e. The van der Waals surface area contributed by atoms with Crippen LogP contribution in [0.1, 0.15) is 10.5 Å². The standard InChI is InChI=1S/C11H7ClFNO2S/c1-16-11(15)9-5-17-10(14-9)6-2-3-8(13)7(12)4-6/h2-5H,1H3. The molecule has 6 heteroatoms. The summed E-state index contributed by atoms with van der Waals surface area (Å²) < 4.78 is 17.5. The van der Waals surface area contributed by atoms with E-state index in [9.17, 15) is 9.18 Å². The molecule has 0 fully saturated rings. The van der Waals surface area contributed by atoms with Crippen molar-refractivity contribution in [2.24, 2.45) is 0 Å². The molecule has 2 rings (SSSR count). The molecule has 1 aromatic heterocycles. The van der Waals surface area contributed by atoms with Crippen molar-refractivity contribution in [3.8, 4) is 10.6 Å². The van der Waals surface area contributed by atoms with Crippen LogP contribution in [-0.4, -0.2) is 18.1 Å². The number of aromatic nitrogens is 1. The predicted octanol–water partition coefficient (Wildman–Crippen LogP) is 3.39. The predicted molar refractivity (Wildman–Crippen MR) is 63.9 cm³/mol. The summed E-state index contributed by atoms with van der Waals surface area (Å²) in [4.78, 5) is 15.3. The first kappa shape index (κ1) is 12.0. The lowest BCUT2D eigenvalue weighted by Crippen LogP contribution is -2.00. The summed E-state index contributed by atoms with van der Waals surface area (Å²) in [5, 5.41) is 2.20. The Labute approximate surface area is 106 Å². The van der Waals surface area contributed by atoms with Gasteiger partial charge in [0.25, 0.3) is 0 Å². The highest BCUT2D eigenvalue weighted by Crippen LogP contribution is 2.27. The number of methoxy groups -OCH3 is 1. The van der Waals surface area contributed by atoms with Crippen LogP contribution in [0.25, 0.3) is 10.6 Å². The largest absolute Gasteiger partial charge is 0.464 e. The number of thiazole rings is 1. The Hall–Kier alpha value is -1.46. The first-order valence-electron chi connectivity index (χ1n) is 4.61. The Balaban J connectivity index is 2.37. The van der Waals surface area contributed by atoms with Crippen LogP contribution < -0.4 is 0 Å². The molecule has 88 valence electrons. The Morgan fingerprint density at radius 3 is 2.94 bits per heavy atom. The molecule has 3 nitrogen and oxygen atoms in total. The van der Waals surface area contributed by atoms with E-state index in [1.807, 2.05) is 0 Å². The van der Waals surface area contributed by atoms with E-state index in [-0.39, 0.29) is 10.7 Å². The van der Waals surface area contributed by atoms with E-state index in [1.165, 1.54) is 30.6 Å². The number of ether oxygens (including phenoxy) is 1. The Morgan fingerprint density at radius 2 is 2.29 bits per heavy atom. The third-order valence-corrected chi connectivity index (χ3v) is 3.25. The zero-order chi connectivity index (χ0) is 12.4. The summed E-state index contributed by atoms with van der Waals surface area (Å²) in [6, 6.07) is 4.29. The second kappa shape index (κ2) is 4.81. The molecule has 0 atom stereocenters. The summed E-state index contributed by atoms with van der Waals surface area (Å²) in [5.41, 5.74) is 0.893. The van der Waals surface area contributed by atoms with Gasteiger partial charge in [-0.2, -0.15) is 0 Å². The molecule has 0 aliphatic carbocycles. The molecule has 0 saturated heterocycles. The minimum absolute atomic E-state index is 0.0253. The fourth-order valence-corrected chi connectivity index (χ4v) is 2.20. The summed E-state index contributed by atoms with van der Waals surface area (Å²) in [5.74, 6) is -0.985. The van der Waals surface area contributed by atoms with Gasteiger partial charge in [0, 0.05) is 10.9 Å². The molecule has 1 heterocycles. The lowest BCUT2D eigenvalue weighted by atomic mass is 10.2. The van der Waals surface area contributed by atoms with Gasteiger partial charge >= 0.3 is 5.97 Å². The van der Waals surface area contributed by atoms with Crippen LogP contribution in [0.2, 0.25) is 5.02 Å². The molecule has 0 spiro atoms. The fraction of sp³-hybridized carbons (Fsp3) is 0.0909. The van der Waals surface area contributed by atoms with E-state index in [0.717, 1.165) is 0 Å². The Bertz CT molecular complexity index is 570. The average Bonchev–Trinajstić information content (AvgIpc) is 2.81. The molecule has 0 saturated carbocycles. The van der Waals surface area contributed by atoms with Crippen LogP contribution in [-0.2, 0) is 4.74 Å². The van der Waals surface area contributed by atoms with Crippen LogP contribution in [0.3, 0.4) is 0 Å². The second-order valence-corrected chi connectivity index (χ2v) is 4.42. The zero-order valence-corrected chi connectivity index (χ0v) is 10.3. The maximum atomic E-state index is 13.0. The van der Waals surface area contributed by atoms with Crippen molar-refractivity contribution >= 4 is 28.9 Å². The highest BCUT2D eigenvalue weighted by Gasteiger charge is 2.12. The number of carbonyl (C=O) groups excluding carboxylic acids is 1. The molecule has 1 aromatic carbocycles. The van der Waals surface area contributed by atoms with Gasteiger partial charge in [-0.25, -0.2) is 14.2 Å². The lowest BCUT2D eigenvalue weighted by molar-refractivity contribution is 0.0595. The van der Waals surface area contributed by atoms with Crippen LogP contribution in [0.15, 0.2) is 23.6 Å². The van der Waals surface area contributed by atoms with Gasteiger partial charge in [-0.15, -0.1) is 11.3 Å². The molecular formula is C11H7ClFNO2S. The SMILES string of the molecule is COC(=O)c1csc(-c2ccc(F)c(Cl)c2)n1. The lowest BCUT2D eigenvalue weighted by Gasteiger charge is -1.98. The minimum Gasteiger partial charge on any atom is -0.464 e. The van der Waals surface area contributed by atoms with Crippen molar-refractivity contribution in [1.29, 1.82) is 0 Å². The Morgan fingerprint density at radius 1 is 1.53 bits per heavy atom. The van der Waals surface area contributed by atoms with Gasteiger partial charge in [-0.05, 0) is 18.2 Å². The number of benzene rings is 1. The zero-order valence-electron chi connectivity index (χ0n) is 8.74. The van der Waals surface area contributed by atoms with Gasteiger partial charge in [-0.3, -0.25) is 0 Å². The van der Waals surface area contributed by atoms with Gasteiger partial charge in [0.2, 0.25) is 0 Å². The molecule has 0 N–H and O–H groups in total. The first-order valence-corrected chi connectivity index (χ1v) is 5.87. The molecular weight excluding hydrogens is 265 g/mol. The van der Waals surface area contributed by atoms with Crippen molar-refractivity contribution in [1.82, 2.24) is 4.98 Å². The molecule has 2 aromatic rings. The van der Waals surface area contributed by atoms with Crippen LogP contribution in [0, 0.1) is 5.82 Å². The van der Waals surface area contributed by atoms with E-state index in [4.69, 9.17) is 11.6 Å². The maximum Gasteiger partial charge on any atom is 0.357 e. The number of esters is 1. The van der Waals surface area contributed by atoms with Crippen LogP contribution in [0.5, 0.6) is 0 Å². The first-order chi connectivity index (χ1) is 8.11. The number of hydrogen-bond acceptors (Lipinski definition) is 4. The van der Waals surface area contributed by atoms with Crippen molar-refractivity contribution in [3.05, 3.63) is 40.1 Å². The Kier molecular flexibility index (Phi) is 3.40. The van der Waals surface area contributed by atoms with E-state index >= 15 is 0 Å². The van der Waals surface area contributed by atoms with Crippen molar-refractivity contribution < 1.29 is 13.9 Å². The second-order valence-electron chi connectivity index (χ2n) is 3.16. The highest BCUT2D eigenvalue weighted by atomic mass is 35.5. The van der Waals surface area contributed by atoms with Gasteiger partial charge in [-0.1, -0.05) is 11.6 Å². The number of rotatable bonds is 2. The number of halogens is 2. The highest BCUT2D eigenvalue weighted by molar-refractivity contribution is 7.13. The molecule has 0 radical (unpaired) electrons. The maximum absolute atomic E-state index is 13.0. The van der Waals surface area contributed by atoms with E-state index < -0.39 is 11.8 Å². The van der Waals surface area contributed by atoms with Crippen molar-refractivity contribution in [3.63, 3.8) is 0 Å². The van der Waals surface area contributed by atoms with Crippen molar-refractivity contribution in [2.75, 3.05) is 7.11 Å². The summed E-state index contributed by atoms with van der Waals surface area (Å²) in [7, 11) is 1.29. The normalized spacial score (nSPS) is 10.3. The van der Waals surface area contributed by atoms with Gasteiger partial charge in [0.1, 0.15) is 10.8 Å². The molecule has 0 unspecified atom stereocenters. The molecule has 0 bridgehead atoms. The molecule has 0 aliphatic rings. The molecule has 17 heavy (non-hydrogen) atoms. The molecule has 0 aliphatic heterocycles. The third-order valence-electron chi connectivity index (χ3n) is 2.07. The van der Waals surface area contributed by atoms with Crippen molar-refractivity contribution in [2.45, 2.75) is 0 Å². The molecule has 0 amide bonds. The number of nitrogens with zero attached hydrogens (tertiary/aromatic N) is 1. The quantitative estimate of drug-likeness (QED) is 0.786. The van der Waals surface area contributed by atoms with Crippen LogP contribution >= 0.6 is 22.9 Å². The van der Waals surface area contributed by atoms with E-state index in [2.05, 4.69) is 9.72 Å². The monoisotopic (exact) mass is 271 g/mol. The van der Waals surface area contributed by atoms with Crippen LogP contribution in [0.4, 0.5) is 4.39 Å². The topological polar surface area (TPSA) is 39.2 Å². The summed E-state index contributed by atoms with van der Waals surface area (Å²) >= 11 is 6.94. The van der Waals surface area contributed by atoms with E-state index in [0.29, 0.717) is 10.6 Å². The number of carbonyl (C=O) groups is 1. The summed E-state index contributed by atoms with van der Waals surface area (Å²) in [6.07, 6.45) is 0. The summed E-state index contributed by atoms with van der Waals surface area (Å²) in [6.45, 7) is 0.